The van der Waals surface area contributed by atoms with Gasteiger partial charge in [0.15, 0.2) is 0 Å². The van der Waals surface area contributed by atoms with Crippen LogP contribution in [0.1, 0.15) is 44.9 Å². The van der Waals surface area contributed by atoms with Gasteiger partial charge in [-0.15, -0.1) is 0 Å². The Bertz CT molecular complexity index is 276. The molecule has 0 spiro atoms. The summed E-state index contributed by atoms with van der Waals surface area (Å²) in [7, 11) is 0. The first-order valence-electron chi connectivity index (χ1n) is 6.23. The van der Waals surface area contributed by atoms with E-state index in [1.807, 2.05) is 0 Å². The second-order valence-corrected chi connectivity index (χ2v) is 5.64. The van der Waals surface area contributed by atoms with Crippen molar-refractivity contribution in [3.05, 3.63) is 0 Å². The zero-order valence-corrected chi connectivity index (χ0v) is 9.76. The van der Waals surface area contributed by atoms with Gasteiger partial charge in [0, 0.05) is 5.41 Å². The van der Waals surface area contributed by atoms with Gasteiger partial charge in [0.2, 0.25) is 0 Å². The summed E-state index contributed by atoms with van der Waals surface area (Å²) in [5.74, 6) is -1.26. The van der Waals surface area contributed by atoms with Crippen molar-refractivity contribution in [2.45, 2.75) is 56.7 Å². The highest BCUT2D eigenvalue weighted by Crippen LogP contribution is 2.55. The molecule has 0 aromatic heterocycles. The van der Waals surface area contributed by atoms with Crippen LogP contribution in [0, 0.1) is 11.3 Å². The third kappa shape index (κ3) is 2.08. The van der Waals surface area contributed by atoms with Crippen LogP contribution in [0.2, 0.25) is 0 Å². The third-order valence-corrected chi connectivity index (χ3v) is 4.88. The van der Waals surface area contributed by atoms with E-state index >= 15 is 0 Å². The summed E-state index contributed by atoms with van der Waals surface area (Å²) in [6.07, 6.45) is -1.37. The fraction of sp³-hybridized carbons (Fsp3) is 1.00. The van der Waals surface area contributed by atoms with E-state index in [1.165, 1.54) is 0 Å². The third-order valence-electron chi connectivity index (χ3n) is 4.88. The standard InChI is InChI=1S/C12H19F3O2/c13-12(14,15)9-2-6-10(8-16,7-3-9)11(17)4-1-5-11/h9,16-17H,1-8H2. The van der Waals surface area contributed by atoms with Crippen LogP contribution >= 0.6 is 0 Å². The van der Waals surface area contributed by atoms with Crippen LogP contribution in [0.25, 0.3) is 0 Å². The maximum Gasteiger partial charge on any atom is 0.391 e. The summed E-state index contributed by atoms with van der Waals surface area (Å²) >= 11 is 0. The molecule has 0 atom stereocenters. The Morgan fingerprint density at radius 2 is 1.59 bits per heavy atom. The average Bonchev–Trinajstić information content (AvgIpc) is 2.24. The quantitative estimate of drug-likeness (QED) is 0.793. The van der Waals surface area contributed by atoms with E-state index in [0.29, 0.717) is 12.8 Å². The molecule has 0 aromatic carbocycles. The van der Waals surface area contributed by atoms with Gasteiger partial charge < -0.3 is 10.2 Å². The minimum absolute atomic E-state index is 0.0341. The summed E-state index contributed by atoms with van der Waals surface area (Å²) in [5, 5.41) is 19.8. The number of halogens is 3. The Morgan fingerprint density at radius 3 is 1.88 bits per heavy atom. The van der Waals surface area contributed by atoms with Crippen molar-refractivity contribution >= 4 is 0 Å². The van der Waals surface area contributed by atoms with E-state index in [4.69, 9.17) is 0 Å². The first-order chi connectivity index (χ1) is 7.83. The number of aliphatic hydroxyl groups excluding tert-OH is 1. The topological polar surface area (TPSA) is 40.5 Å². The van der Waals surface area contributed by atoms with Gasteiger partial charge in [0.25, 0.3) is 0 Å². The van der Waals surface area contributed by atoms with Crippen LogP contribution in [0.3, 0.4) is 0 Å². The van der Waals surface area contributed by atoms with E-state index in [-0.39, 0.29) is 32.3 Å². The molecule has 0 unspecified atom stereocenters. The lowest BCUT2D eigenvalue weighted by atomic mass is 9.55. The molecule has 0 bridgehead atoms. The molecule has 100 valence electrons. The van der Waals surface area contributed by atoms with Gasteiger partial charge >= 0.3 is 6.18 Å². The lowest BCUT2D eigenvalue weighted by Crippen LogP contribution is -2.57. The fourth-order valence-corrected chi connectivity index (χ4v) is 3.31. The molecule has 0 aromatic rings. The van der Waals surface area contributed by atoms with E-state index in [9.17, 15) is 23.4 Å². The molecule has 0 heterocycles. The van der Waals surface area contributed by atoms with Crippen LogP contribution in [0.5, 0.6) is 0 Å². The maximum absolute atomic E-state index is 12.6. The molecule has 2 nitrogen and oxygen atoms in total. The summed E-state index contributed by atoms with van der Waals surface area (Å²) in [4.78, 5) is 0. The summed E-state index contributed by atoms with van der Waals surface area (Å²) in [5.41, 5.74) is -1.61. The van der Waals surface area contributed by atoms with Gasteiger partial charge in [-0.2, -0.15) is 13.2 Å². The molecule has 0 aliphatic heterocycles. The van der Waals surface area contributed by atoms with E-state index < -0.39 is 23.1 Å². The zero-order valence-electron chi connectivity index (χ0n) is 9.76. The van der Waals surface area contributed by atoms with Crippen LogP contribution in [-0.2, 0) is 0 Å². The van der Waals surface area contributed by atoms with Crippen molar-refractivity contribution in [2.75, 3.05) is 6.61 Å². The molecule has 2 fully saturated rings. The van der Waals surface area contributed by atoms with Crippen LogP contribution in [0.15, 0.2) is 0 Å². The number of alkyl halides is 3. The Labute approximate surface area is 98.8 Å². The summed E-state index contributed by atoms with van der Waals surface area (Å²) in [6, 6.07) is 0. The molecule has 0 saturated heterocycles. The number of hydrogen-bond acceptors (Lipinski definition) is 2. The van der Waals surface area contributed by atoms with Crippen LogP contribution in [-0.4, -0.2) is 28.6 Å². The molecular formula is C12H19F3O2. The van der Waals surface area contributed by atoms with E-state index in [0.717, 1.165) is 6.42 Å². The van der Waals surface area contributed by atoms with Crippen molar-refractivity contribution in [1.82, 2.24) is 0 Å². The minimum Gasteiger partial charge on any atom is -0.396 e. The van der Waals surface area contributed by atoms with Gasteiger partial charge in [0.05, 0.1) is 18.1 Å². The fourth-order valence-electron chi connectivity index (χ4n) is 3.31. The van der Waals surface area contributed by atoms with Gasteiger partial charge in [-0.05, 0) is 44.9 Å². The normalized spacial score (nSPS) is 37.6. The predicted molar refractivity (Wildman–Crippen MR) is 56.3 cm³/mol. The first-order valence-corrected chi connectivity index (χ1v) is 6.23. The lowest BCUT2D eigenvalue weighted by molar-refractivity contribution is -0.216. The van der Waals surface area contributed by atoms with Crippen molar-refractivity contribution in [3.8, 4) is 0 Å². The molecular weight excluding hydrogens is 233 g/mol. The Hall–Kier alpha value is -0.290. The number of rotatable bonds is 2. The van der Waals surface area contributed by atoms with Crippen molar-refractivity contribution in [3.63, 3.8) is 0 Å². The van der Waals surface area contributed by atoms with Crippen molar-refractivity contribution < 1.29 is 23.4 Å². The SMILES string of the molecule is OCC1(C2(O)CCC2)CCC(C(F)(F)F)CC1. The highest BCUT2D eigenvalue weighted by atomic mass is 19.4. The largest absolute Gasteiger partial charge is 0.396 e. The molecule has 17 heavy (non-hydrogen) atoms. The monoisotopic (exact) mass is 252 g/mol. The molecule has 2 rings (SSSR count). The maximum atomic E-state index is 12.6. The molecule has 2 saturated carbocycles. The Kier molecular flexibility index (Phi) is 3.19. The highest BCUT2D eigenvalue weighted by Gasteiger charge is 2.56. The highest BCUT2D eigenvalue weighted by molar-refractivity contribution is 5.05. The molecule has 5 heteroatoms. The molecule has 2 aliphatic carbocycles. The van der Waals surface area contributed by atoms with Crippen LogP contribution in [0.4, 0.5) is 13.2 Å². The Balaban J connectivity index is 2.05. The number of hydrogen-bond donors (Lipinski definition) is 2. The second kappa shape index (κ2) is 4.12. The Morgan fingerprint density at radius 1 is 1.06 bits per heavy atom. The van der Waals surface area contributed by atoms with Crippen molar-refractivity contribution in [2.24, 2.45) is 11.3 Å². The smallest absolute Gasteiger partial charge is 0.391 e. The van der Waals surface area contributed by atoms with Crippen molar-refractivity contribution in [1.29, 1.82) is 0 Å². The molecule has 2 aliphatic rings. The van der Waals surface area contributed by atoms with Crippen LogP contribution < -0.4 is 0 Å². The first kappa shape index (κ1) is 13.1. The molecule has 0 amide bonds. The summed E-state index contributed by atoms with van der Waals surface area (Å²) in [6.45, 7) is -0.200. The molecule has 2 N–H and O–H groups in total. The minimum atomic E-state index is -4.14. The lowest BCUT2D eigenvalue weighted by Gasteiger charge is -2.54. The molecule has 0 radical (unpaired) electrons. The van der Waals surface area contributed by atoms with Gasteiger partial charge in [-0.1, -0.05) is 0 Å². The average molecular weight is 252 g/mol. The van der Waals surface area contributed by atoms with Gasteiger partial charge in [0.1, 0.15) is 0 Å². The van der Waals surface area contributed by atoms with Gasteiger partial charge in [-0.3, -0.25) is 0 Å². The summed E-state index contributed by atoms with van der Waals surface area (Å²) < 4.78 is 37.7. The van der Waals surface area contributed by atoms with E-state index in [1.54, 1.807) is 0 Å². The number of aliphatic hydroxyl groups is 2. The van der Waals surface area contributed by atoms with E-state index in [2.05, 4.69) is 0 Å². The second-order valence-electron chi connectivity index (χ2n) is 5.64. The van der Waals surface area contributed by atoms with Gasteiger partial charge in [-0.25, -0.2) is 0 Å². The predicted octanol–water partition coefficient (Wildman–Crippen LogP) is 2.63. The zero-order chi connectivity index (χ0) is 12.7.